The van der Waals surface area contributed by atoms with E-state index in [1.165, 1.54) is 11.1 Å². The van der Waals surface area contributed by atoms with Crippen LogP contribution in [0.4, 0.5) is 0 Å². The van der Waals surface area contributed by atoms with Gasteiger partial charge in [0.15, 0.2) is 0 Å². The van der Waals surface area contributed by atoms with Gasteiger partial charge in [-0.25, -0.2) is 0 Å². The molecule has 0 N–H and O–H groups in total. The largest absolute Gasteiger partial charge is 0.181 e. The Hall–Kier alpha value is 0.272. The minimum atomic E-state index is 0. The summed E-state index contributed by atoms with van der Waals surface area (Å²) in [4.78, 5) is 0. The molecule has 46 valence electrons. The van der Waals surface area contributed by atoms with E-state index in [9.17, 15) is 0 Å². The van der Waals surface area contributed by atoms with Crippen LogP contribution in [0, 0.1) is 51.0 Å². The molecule has 0 saturated carbocycles. The Balaban J connectivity index is 0.000000640. The molecule has 0 heterocycles. The smallest absolute Gasteiger partial charge is 0 e. The van der Waals surface area contributed by atoms with Crippen molar-refractivity contribution in [2.24, 2.45) is 0 Å². The zero-order chi connectivity index (χ0) is 5.98. The molecule has 1 rings (SSSR count). The molecule has 0 spiro atoms. The minimum Gasteiger partial charge on any atom is -0.181 e. The molecule has 0 atom stereocenters. The maximum absolute atomic E-state index is 3.07. The van der Waals surface area contributed by atoms with Gasteiger partial charge in [0.25, 0.3) is 0 Å². The molecule has 0 fully saturated rings. The molecule has 0 nitrogen and oxygen atoms in total. The van der Waals surface area contributed by atoms with E-state index in [2.05, 4.69) is 19.1 Å². The molecule has 9 heavy (non-hydrogen) atoms. The van der Waals surface area contributed by atoms with E-state index in [1.54, 1.807) is 0 Å². The second-order valence-corrected chi connectivity index (χ2v) is 2.05. The topological polar surface area (TPSA) is 0 Å². The second-order valence-electron chi connectivity index (χ2n) is 2.05. The van der Waals surface area contributed by atoms with Gasteiger partial charge >= 0.3 is 0 Å². The molecule has 0 amide bonds. The summed E-state index contributed by atoms with van der Waals surface area (Å²) in [6.07, 6.45) is 0. The number of hydrogen-bond acceptors (Lipinski definition) is 0. The van der Waals surface area contributed by atoms with E-state index in [0.29, 0.717) is 0 Å². The molecule has 0 saturated heterocycles. The number of rotatable bonds is 0. The summed E-state index contributed by atoms with van der Waals surface area (Å²) in [5.41, 5.74) is 2.52. The van der Waals surface area contributed by atoms with Gasteiger partial charge in [-0.1, -0.05) is 13.8 Å². The standard InChI is InChI=1S/C8H9.U/c1-7-4-3-5-8(2)6-7;/h3-4,6H,1-2H3;/q-1;. The van der Waals surface area contributed by atoms with Gasteiger partial charge in [0.05, 0.1) is 0 Å². The minimum absolute atomic E-state index is 0. The van der Waals surface area contributed by atoms with Gasteiger partial charge in [-0.15, -0.1) is 0 Å². The summed E-state index contributed by atoms with van der Waals surface area (Å²) < 4.78 is 0. The van der Waals surface area contributed by atoms with Gasteiger partial charge in [0, 0.05) is 31.1 Å². The van der Waals surface area contributed by atoms with Crippen LogP contribution >= 0.6 is 0 Å². The molecule has 0 aliphatic heterocycles. The van der Waals surface area contributed by atoms with Crippen molar-refractivity contribution < 1.29 is 31.1 Å². The molecule has 0 bridgehead atoms. The average molecular weight is 343 g/mol. The normalized spacial score (nSPS) is 8.22. The Labute approximate surface area is 80.0 Å². The van der Waals surface area contributed by atoms with Crippen molar-refractivity contribution in [3.05, 3.63) is 35.4 Å². The average Bonchev–Trinajstić information content (AvgIpc) is 1.64. The van der Waals surface area contributed by atoms with Crippen molar-refractivity contribution in [1.29, 1.82) is 0 Å². The van der Waals surface area contributed by atoms with Crippen LogP contribution in [-0.4, -0.2) is 0 Å². The summed E-state index contributed by atoms with van der Waals surface area (Å²) in [6.45, 7) is 4.13. The van der Waals surface area contributed by atoms with Crippen LogP contribution in [0.15, 0.2) is 18.2 Å². The van der Waals surface area contributed by atoms with Crippen molar-refractivity contribution >= 4 is 0 Å². The Morgan fingerprint density at radius 1 is 1.33 bits per heavy atom. The van der Waals surface area contributed by atoms with Gasteiger partial charge in [-0.05, 0) is 0 Å². The molecule has 0 radical (unpaired) electrons. The van der Waals surface area contributed by atoms with E-state index in [4.69, 9.17) is 0 Å². The van der Waals surface area contributed by atoms with Crippen molar-refractivity contribution in [1.82, 2.24) is 0 Å². The zero-order valence-corrected chi connectivity index (χ0v) is 9.90. The second kappa shape index (κ2) is 4.15. The van der Waals surface area contributed by atoms with Crippen LogP contribution in [-0.2, 0) is 0 Å². The summed E-state index contributed by atoms with van der Waals surface area (Å²) in [6, 6.07) is 9.18. The van der Waals surface area contributed by atoms with Crippen LogP contribution in [0.2, 0.25) is 0 Å². The fourth-order valence-electron chi connectivity index (χ4n) is 0.736. The SMILES string of the molecule is Cc1[c-]ccc(C)c1.[U]. The third-order valence-corrected chi connectivity index (χ3v) is 1.10. The molecule has 0 aliphatic carbocycles. The van der Waals surface area contributed by atoms with E-state index in [-0.39, 0.29) is 31.1 Å². The van der Waals surface area contributed by atoms with Crippen molar-refractivity contribution in [2.75, 3.05) is 0 Å². The first-order chi connectivity index (χ1) is 3.79. The first kappa shape index (κ1) is 9.27. The monoisotopic (exact) mass is 343 g/mol. The van der Waals surface area contributed by atoms with E-state index < -0.39 is 0 Å². The number of benzene rings is 1. The van der Waals surface area contributed by atoms with Crippen molar-refractivity contribution in [2.45, 2.75) is 13.8 Å². The molecule has 0 aliphatic rings. The summed E-state index contributed by atoms with van der Waals surface area (Å²) >= 11 is 0. The third kappa shape index (κ3) is 3.08. The van der Waals surface area contributed by atoms with E-state index in [1.807, 2.05) is 19.1 Å². The fourth-order valence-corrected chi connectivity index (χ4v) is 0.736. The van der Waals surface area contributed by atoms with E-state index >= 15 is 0 Å². The van der Waals surface area contributed by atoms with Crippen molar-refractivity contribution in [3.8, 4) is 0 Å². The van der Waals surface area contributed by atoms with Gasteiger partial charge in [0.2, 0.25) is 0 Å². The molecule has 0 unspecified atom stereocenters. The maximum atomic E-state index is 3.07. The third-order valence-electron chi connectivity index (χ3n) is 1.10. The first-order valence-corrected chi connectivity index (χ1v) is 2.74. The zero-order valence-electron chi connectivity index (χ0n) is 5.73. The molecular weight excluding hydrogens is 334 g/mol. The Morgan fingerprint density at radius 3 is 2.33 bits per heavy atom. The Bertz CT molecular complexity index is 164. The Morgan fingerprint density at radius 2 is 2.00 bits per heavy atom. The molecule has 1 aromatic rings. The predicted octanol–water partition coefficient (Wildman–Crippen LogP) is 2.10. The quantitative estimate of drug-likeness (QED) is 0.633. The van der Waals surface area contributed by atoms with Gasteiger partial charge in [0.1, 0.15) is 0 Å². The Kier molecular flexibility index (Phi) is 4.27. The first-order valence-electron chi connectivity index (χ1n) is 2.74. The summed E-state index contributed by atoms with van der Waals surface area (Å²) in [5.74, 6) is 0. The summed E-state index contributed by atoms with van der Waals surface area (Å²) in [7, 11) is 0. The molecule has 0 aromatic heterocycles. The van der Waals surface area contributed by atoms with E-state index in [0.717, 1.165) is 0 Å². The fraction of sp³-hybridized carbons (Fsp3) is 0.250. The number of aryl methyl sites for hydroxylation is 2. The number of hydrogen-bond donors (Lipinski definition) is 0. The van der Waals surface area contributed by atoms with Crippen LogP contribution in [0.25, 0.3) is 0 Å². The summed E-state index contributed by atoms with van der Waals surface area (Å²) in [5, 5.41) is 0. The van der Waals surface area contributed by atoms with Gasteiger partial charge in [-0.3, -0.25) is 0 Å². The molecular formula is C8H9U-. The van der Waals surface area contributed by atoms with Crippen LogP contribution in [0.5, 0.6) is 0 Å². The van der Waals surface area contributed by atoms with Crippen LogP contribution in [0.3, 0.4) is 0 Å². The molecule has 1 aromatic carbocycles. The van der Waals surface area contributed by atoms with Gasteiger partial charge in [-0.2, -0.15) is 35.4 Å². The predicted molar refractivity (Wildman–Crippen MR) is 34.8 cm³/mol. The maximum Gasteiger partial charge on any atom is 0 e. The van der Waals surface area contributed by atoms with Crippen LogP contribution < -0.4 is 0 Å². The van der Waals surface area contributed by atoms with Crippen LogP contribution in [0.1, 0.15) is 11.1 Å². The molecule has 1 heteroatoms. The van der Waals surface area contributed by atoms with Crippen molar-refractivity contribution in [3.63, 3.8) is 0 Å². The van der Waals surface area contributed by atoms with Gasteiger partial charge < -0.3 is 0 Å².